The molecule has 0 aliphatic carbocycles. The van der Waals surface area contributed by atoms with Crippen LogP contribution in [0.3, 0.4) is 0 Å². The van der Waals surface area contributed by atoms with E-state index in [1.807, 2.05) is 0 Å². The average molecular weight is 264 g/mol. The van der Waals surface area contributed by atoms with Gasteiger partial charge >= 0.3 is 0 Å². The third-order valence-electron chi connectivity index (χ3n) is 3.62. The van der Waals surface area contributed by atoms with Gasteiger partial charge in [-0.2, -0.15) is 0 Å². The number of nitro benzene ring substituents is 1. The zero-order valence-electron chi connectivity index (χ0n) is 11.4. The molecule has 2 N–H and O–H groups in total. The van der Waals surface area contributed by atoms with Gasteiger partial charge in [0.05, 0.1) is 4.92 Å². The number of benzene rings is 1. The summed E-state index contributed by atoms with van der Waals surface area (Å²) in [6.07, 6.45) is 0. The van der Waals surface area contributed by atoms with Crippen molar-refractivity contribution < 1.29 is 4.92 Å². The Balaban J connectivity index is 2.08. The molecule has 6 heteroatoms. The summed E-state index contributed by atoms with van der Waals surface area (Å²) < 4.78 is 0. The van der Waals surface area contributed by atoms with E-state index in [1.165, 1.54) is 6.07 Å². The molecule has 0 unspecified atom stereocenters. The minimum Gasteiger partial charge on any atom is -0.393 e. The predicted octanol–water partition coefficient (Wildman–Crippen LogP) is 1.71. The summed E-state index contributed by atoms with van der Waals surface area (Å²) in [7, 11) is 0. The Hall–Kier alpha value is -1.82. The van der Waals surface area contributed by atoms with E-state index in [2.05, 4.69) is 23.6 Å². The molecule has 0 aromatic heterocycles. The van der Waals surface area contributed by atoms with Gasteiger partial charge in [0, 0.05) is 44.0 Å². The lowest BCUT2D eigenvalue weighted by Gasteiger charge is -2.38. The van der Waals surface area contributed by atoms with Gasteiger partial charge in [0.25, 0.3) is 5.69 Å². The van der Waals surface area contributed by atoms with E-state index in [0.717, 1.165) is 31.9 Å². The summed E-state index contributed by atoms with van der Waals surface area (Å²) in [5.41, 5.74) is 6.90. The second-order valence-corrected chi connectivity index (χ2v) is 5.12. The van der Waals surface area contributed by atoms with Gasteiger partial charge in [0.1, 0.15) is 5.69 Å². The number of anilines is 2. The molecule has 0 atom stereocenters. The summed E-state index contributed by atoms with van der Waals surface area (Å²) >= 11 is 0. The van der Waals surface area contributed by atoms with E-state index in [1.54, 1.807) is 12.1 Å². The van der Waals surface area contributed by atoms with Crippen LogP contribution < -0.4 is 10.6 Å². The number of nitrogens with zero attached hydrogens (tertiary/aromatic N) is 3. The van der Waals surface area contributed by atoms with E-state index < -0.39 is 4.92 Å². The van der Waals surface area contributed by atoms with Gasteiger partial charge in [-0.05, 0) is 26.0 Å². The molecule has 0 spiro atoms. The number of piperazine rings is 1. The van der Waals surface area contributed by atoms with Crippen LogP contribution in [0.25, 0.3) is 0 Å². The summed E-state index contributed by atoms with van der Waals surface area (Å²) in [5, 5.41) is 10.7. The largest absolute Gasteiger partial charge is 0.393 e. The van der Waals surface area contributed by atoms with Gasteiger partial charge in [-0.15, -0.1) is 0 Å². The van der Waals surface area contributed by atoms with Gasteiger partial charge in [-0.25, -0.2) is 0 Å². The van der Waals surface area contributed by atoms with Crippen molar-refractivity contribution in [2.45, 2.75) is 19.9 Å². The van der Waals surface area contributed by atoms with Crippen molar-refractivity contribution in [2.24, 2.45) is 0 Å². The molecule has 0 amide bonds. The molecule has 0 bridgehead atoms. The Morgan fingerprint density at radius 1 is 1.26 bits per heavy atom. The molecule has 19 heavy (non-hydrogen) atoms. The van der Waals surface area contributed by atoms with Crippen LogP contribution in [-0.4, -0.2) is 42.0 Å². The lowest BCUT2D eigenvalue weighted by molar-refractivity contribution is -0.383. The highest BCUT2D eigenvalue weighted by molar-refractivity contribution is 5.66. The van der Waals surface area contributed by atoms with Crippen LogP contribution in [0.1, 0.15) is 13.8 Å². The molecule has 1 aromatic carbocycles. The molecule has 6 nitrogen and oxygen atoms in total. The van der Waals surface area contributed by atoms with Gasteiger partial charge in [-0.1, -0.05) is 0 Å². The van der Waals surface area contributed by atoms with Crippen LogP contribution in [-0.2, 0) is 0 Å². The van der Waals surface area contributed by atoms with Crippen LogP contribution in [0.15, 0.2) is 18.2 Å². The van der Waals surface area contributed by atoms with Gasteiger partial charge < -0.3 is 10.6 Å². The first-order chi connectivity index (χ1) is 8.99. The highest BCUT2D eigenvalue weighted by Gasteiger charge is 2.20. The molecule has 1 aliphatic rings. The first kappa shape index (κ1) is 13.6. The summed E-state index contributed by atoms with van der Waals surface area (Å²) in [6, 6.07) is 5.52. The molecule has 1 aromatic rings. The van der Waals surface area contributed by atoms with Gasteiger partial charge in [0.2, 0.25) is 0 Å². The van der Waals surface area contributed by atoms with Gasteiger partial charge in [-0.3, -0.25) is 15.0 Å². The highest BCUT2D eigenvalue weighted by atomic mass is 16.6. The number of rotatable bonds is 3. The Labute approximate surface area is 112 Å². The number of nitrogen functional groups attached to an aromatic ring is 1. The molecule has 1 heterocycles. The predicted molar refractivity (Wildman–Crippen MR) is 76.4 cm³/mol. The van der Waals surface area contributed by atoms with E-state index >= 15 is 0 Å². The quantitative estimate of drug-likeness (QED) is 0.511. The molecular formula is C13H20N4O2. The Bertz CT molecular complexity index is 468. The Morgan fingerprint density at radius 3 is 2.37 bits per heavy atom. The maximum absolute atomic E-state index is 10.7. The molecule has 1 aliphatic heterocycles. The zero-order valence-corrected chi connectivity index (χ0v) is 11.4. The normalized spacial score (nSPS) is 16.9. The second-order valence-electron chi connectivity index (χ2n) is 5.12. The lowest BCUT2D eigenvalue weighted by Crippen LogP contribution is -2.48. The smallest absolute Gasteiger partial charge is 0.292 e. The van der Waals surface area contributed by atoms with Gasteiger partial charge in [0.15, 0.2) is 0 Å². The van der Waals surface area contributed by atoms with Crippen molar-refractivity contribution >= 4 is 17.1 Å². The minimum atomic E-state index is -0.449. The average Bonchev–Trinajstić information content (AvgIpc) is 2.38. The van der Waals surface area contributed by atoms with Crippen molar-refractivity contribution in [3.8, 4) is 0 Å². The maximum atomic E-state index is 10.7. The molecule has 104 valence electrons. The number of nitro groups is 1. The van der Waals surface area contributed by atoms with E-state index in [0.29, 0.717) is 6.04 Å². The number of hydrogen-bond donors (Lipinski definition) is 1. The van der Waals surface area contributed by atoms with Crippen molar-refractivity contribution in [1.29, 1.82) is 0 Å². The lowest BCUT2D eigenvalue weighted by atomic mass is 10.2. The third-order valence-corrected chi connectivity index (χ3v) is 3.62. The topological polar surface area (TPSA) is 75.6 Å². The standard InChI is InChI=1S/C13H20N4O2/c1-10(2)15-5-7-16(8-6-15)11-3-4-13(17(18)19)12(14)9-11/h3-4,9-10H,5-8,14H2,1-2H3. The number of hydrogen-bond acceptors (Lipinski definition) is 5. The van der Waals surface area contributed by atoms with E-state index in [-0.39, 0.29) is 11.4 Å². The third kappa shape index (κ3) is 2.96. The maximum Gasteiger partial charge on any atom is 0.292 e. The van der Waals surface area contributed by atoms with Crippen molar-refractivity contribution in [3.63, 3.8) is 0 Å². The molecule has 1 fully saturated rings. The molecule has 1 saturated heterocycles. The summed E-state index contributed by atoms with van der Waals surface area (Å²) in [5.74, 6) is 0. The van der Waals surface area contributed by atoms with Crippen LogP contribution in [0, 0.1) is 10.1 Å². The van der Waals surface area contributed by atoms with Crippen molar-refractivity contribution in [2.75, 3.05) is 36.8 Å². The minimum absolute atomic E-state index is 0.0235. The van der Waals surface area contributed by atoms with Crippen LogP contribution >= 0.6 is 0 Å². The van der Waals surface area contributed by atoms with Crippen LogP contribution in [0.5, 0.6) is 0 Å². The number of nitrogens with two attached hydrogens (primary N) is 1. The Morgan fingerprint density at radius 2 is 1.89 bits per heavy atom. The fourth-order valence-corrected chi connectivity index (χ4v) is 2.40. The van der Waals surface area contributed by atoms with Crippen LogP contribution in [0.2, 0.25) is 0 Å². The zero-order chi connectivity index (χ0) is 14.0. The van der Waals surface area contributed by atoms with Crippen molar-refractivity contribution in [3.05, 3.63) is 28.3 Å². The fraction of sp³-hybridized carbons (Fsp3) is 0.538. The fourth-order valence-electron chi connectivity index (χ4n) is 2.40. The molecular weight excluding hydrogens is 244 g/mol. The van der Waals surface area contributed by atoms with Crippen LogP contribution in [0.4, 0.5) is 17.1 Å². The molecule has 0 radical (unpaired) electrons. The second kappa shape index (κ2) is 5.44. The summed E-state index contributed by atoms with van der Waals surface area (Å²) in [4.78, 5) is 14.9. The first-order valence-corrected chi connectivity index (χ1v) is 6.52. The highest BCUT2D eigenvalue weighted by Crippen LogP contribution is 2.27. The first-order valence-electron chi connectivity index (χ1n) is 6.52. The SMILES string of the molecule is CC(C)N1CCN(c2ccc([N+](=O)[O-])c(N)c2)CC1. The molecule has 2 rings (SSSR count). The summed E-state index contributed by atoms with van der Waals surface area (Å²) in [6.45, 7) is 8.26. The van der Waals surface area contributed by atoms with E-state index in [4.69, 9.17) is 5.73 Å². The Kier molecular flexibility index (Phi) is 3.90. The van der Waals surface area contributed by atoms with Crippen molar-refractivity contribution in [1.82, 2.24) is 4.90 Å². The molecule has 0 saturated carbocycles. The van der Waals surface area contributed by atoms with E-state index in [9.17, 15) is 10.1 Å². The monoisotopic (exact) mass is 264 g/mol.